The first kappa shape index (κ1) is 20.3. The number of amides is 1. The quantitative estimate of drug-likeness (QED) is 0.609. The summed E-state index contributed by atoms with van der Waals surface area (Å²) in [7, 11) is 1.61. The minimum absolute atomic E-state index is 0.0465. The number of anilines is 1. The molecule has 1 atom stereocenters. The molecule has 9 heteroatoms. The van der Waals surface area contributed by atoms with E-state index in [0.29, 0.717) is 17.4 Å². The van der Waals surface area contributed by atoms with E-state index in [-0.39, 0.29) is 24.7 Å². The van der Waals surface area contributed by atoms with Crippen LogP contribution in [0.15, 0.2) is 59.7 Å². The van der Waals surface area contributed by atoms with Crippen LogP contribution in [0.2, 0.25) is 0 Å². The van der Waals surface area contributed by atoms with E-state index in [0.717, 1.165) is 17.0 Å². The highest BCUT2D eigenvalue weighted by atomic mass is 16.5. The number of ether oxygens (including phenoxy) is 1. The number of ketones is 1. The Kier molecular flexibility index (Phi) is 5.74. The molecule has 2 aromatic carbocycles. The van der Waals surface area contributed by atoms with Gasteiger partial charge in [0.05, 0.1) is 19.3 Å². The number of rotatable bonds is 7. The third kappa shape index (κ3) is 4.45. The lowest BCUT2D eigenvalue weighted by molar-refractivity contribution is -0.118. The second kappa shape index (κ2) is 8.78. The molecule has 0 radical (unpaired) electrons. The van der Waals surface area contributed by atoms with Gasteiger partial charge in [-0.05, 0) is 43.3 Å². The monoisotopic (exact) mass is 418 g/mol. The van der Waals surface area contributed by atoms with Crippen molar-refractivity contribution in [2.75, 3.05) is 12.1 Å². The summed E-state index contributed by atoms with van der Waals surface area (Å²) < 4.78 is 5.15. The van der Waals surface area contributed by atoms with Crippen LogP contribution in [0.1, 0.15) is 19.2 Å². The summed E-state index contributed by atoms with van der Waals surface area (Å²) in [5, 5.41) is 15.8. The maximum absolute atomic E-state index is 12.7. The summed E-state index contributed by atoms with van der Waals surface area (Å²) >= 11 is 0. The SMILES string of the molecule is COc1ccc(-c2n[nH]c(CNC(=O)C3=NN(c4ccccc4)C(C(C)=O)C3)n2)cc1. The first-order valence-corrected chi connectivity index (χ1v) is 9.81. The standard InChI is InChI=1S/C22H22N6O3/c1-14(29)19-12-18(27-28(19)16-6-4-3-5-7-16)22(30)23-13-20-24-21(26-25-20)15-8-10-17(31-2)11-9-15/h3-11,19H,12-13H2,1-2H3,(H,23,30)(H,24,25,26). The van der Waals surface area contributed by atoms with Gasteiger partial charge in [0, 0.05) is 12.0 Å². The third-order valence-electron chi connectivity index (χ3n) is 4.96. The third-order valence-corrected chi connectivity index (χ3v) is 4.96. The number of nitrogens with zero attached hydrogens (tertiary/aromatic N) is 4. The highest BCUT2D eigenvalue weighted by molar-refractivity contribution is 6.40. The number of nitrogens with one attached hydrogen (secondary N) is 2. The number of Topliss-reactive ketones (excluding diaryl/α,β-unsaturated/α-hetero) is 1. The van der Waals surface area contributed by atoms with Crippen molar-refractivity contribution >= 4 is 23.1 Å². The van der Waals surface area contributed by atoms with E-state index in [9.17, 15) is 9.59 Å². The topological polar surface area (TPSA) is 113 Å². The fraction of sp³-hybridized carbons (Fsp3) is 0.227. The van der Waals surface area contributed by atoms with Crippen LogP contribution in [0.5, 0.6) is 5.75 Å². The van der Waals surface area contributed by atoms with Gasteiger partial charge in [-0.25, -0.2) is 4.98 Å². The van der Waals surface area contributed by atoms with Crippen LogP contribution in [-0.2, 0) is 16.1 Å². The van der Waals surface area contributed by atoms with Crippen LogP contribution < -0.4 is 15.1 Å². The average molecular weight is 418 g/mol. The molecule has 1 aliphatic heterocycles. The van der Waals surface area contributed by atoms with Gasteiger partial charge in [-0.2, -0.15) is 10.2 Å². The van der Waals surface area contributed by atoms with E-state index < -0.39 is 6.04 Å². The van der Waals surface area contributed by atoms with E-state index in [1.807, 2.05) is 54.6 Å². The number of H-pyrrole nitrogens is 1. The summed E-state index contributed by atoms with van der Waals surface area (Å²) in [5.41, 5.74) is 1.90. The molecule has 1 amide bonds. The summed E-state index contributed by atoms with van der Waals surface area (Å²) in [5.74, 6) is 1.40. The largest absolute Gasteiger partial charge is 0.497 e. The van der Waals surface area contributed by atoms with Crippen LogP contribution in [0.4, 0.5) is 5.69 Å². The lowest BCUT2D eigenvalue weighted by Crippen LogP contribution is -2.34. The normalized spacial score (nSPS) is 15.5. The molecule has 9 nitrogen and oxygen atoms in total. The minimum Gasteiger partial charge on any atom is -0.497 e. The molecule has 2 N–H and O–H groups in total. The molecule has 0 spiro atoms. The van der Waals surface area contributed by atoms with Crippen molar-refractivity contribution in [2.24, 2.45) is 5.10 Å². The molecule has 31 heavy (non-hydrogen) atoms. The number of carbonyl (C=O) groups is 2. The number of benzene rings is 2. The second-order valence-electron chi connectivity index (χ2n) is 7.07. The number of carbonyl (C=O) groups excluding carboxylic acids is 2. The number of hydrazone groups is 1. The van der Waals surface area contributed by atoms with Gasteiger partial charge in [0.25, 0.3) is 5.91 Å². The second-order valence-corrected chi connectivity index (χ2v) is 7.07. The Balaban J connectivity index is 1.41. The van der Waals surface area contributed by atoms with Crippen LogP contribution >= 0.6 is 0 Å². The molecule has 158 valence electrons. The molecule has 0 saturated carbocycles. The number of aromatic nitrogens is 3. The van der Waals surface area contributed by atoms with E-state index in [2.05, 4.69) is 25.6 Å². The molecule has 0 aliphatic carbocycles. The van der Waals surface area contributed by atoms with Crippen molar-refractivity contribution in [3.63, 3.8) is 0 Å². The Morgan fingerprint density at radius 2 is 1.90 bits per heavy atom. The lowest BCUT2D eigenvalue weighted by Gasteiger charge is -2.20. The number of methoxy groups -OCH3 is 1. The molecule has 1 aromatic heterocycles. The number of hydrogen-bond donors (Lipinski definition) is 2. The summed E-state index contributed by atoms with van der Waals surface area (Å²) in [6.07, 6.45) is 0.254. The van der Waals surface area contributed by atoms with E-state index in [4.69, 9.17) is 4.74 Å². The zero-order valence-corrected chi connectivity index (χ0v) is 17.2. The predicted molar refractivity (Wildman–Crippen MR) is 116 cm³/mol. The average Bonchev–Trinajstić information content (AvgIpc) is 3.46. The molecular weight excluding hydrogens is 396 g/mol. The van der Waals surface area contributed by atoms with Crippen molar-refractivity contribution in [2.45, 2.75) is 25.9 Å². The maximum atomic E-state index is 12.7. The van der Waals surface area contributed by atoms with Gasteiger partial charge in [-0.15, -0.1) is 0 Å². The maximum Gasteiger partial charge on any atom is 0.267 e. The molecule has 0 fully saturated rings. The summed E-state index contributed by atoms with van der Waals surface area (Å²) in [4.78, 5) is 29.1. The van der Waals surface area contributed by atoms with Gasteiger partial charge in [0.15, 0.2) is 11.6 Å². The molecular formula is C22H22N6O3. The zero-order chi connectivity index (χ0) is 21.8. The number of hydrogen-bond acceptors (Lipinski definition) is 7. The summed E-state index contributed by atoms with van der Waals surface area (Å²) in [6.45, 7) is 1.67. The molecule has 0 bridgehead atoms. The van der Waals surface area contributed by atoms with E-state index in [1.54, 1.807) is 12.1 Å². The van der Waals surface area contributed by atoms with Gasteiger partial charge in [-0.1, -0.05) is 18.2 Å². The first-order chi connectivity index (χ1) is 15.0. The fourth-order valence-corrected chi connectivity index (χ4v) is 3.29. The number of aromatic amines is 1. The Bertz CT molecular complexity index is 1110. The van der Waals surface area contributed by atoms with Gasteiger partial charge in [0.2, 0.25) is 0 Å². The van der Waals surface area contributed by atoms with Crippen LogP contribution in [0, 0.1) is 0 Å². The highest BCUT2D eigenvalue weighted by Crippen LogP contribution is 2.25. The molecule has 3 aromatic rings. The van der Waals surface area contributed by atoms with E-state index >= 15 is 0 Å². The van der Waals surface area contributed by atoms with Gasteiger partial charge < -0.3 is 10.1 Å². The van der Waals surface area contributed by atoms with Crippen LogP contribution in [0.3, 0.4) is 0 Å². The van der Waals surface area contributed by atoms with Crippen molar-refractivity contribution in [1.82, 2.24) is 20.5 Å². The smallest absolute Gasteiger partial charge is 0.267 e. The predicted octanol–water partition coefficient (Wildman–Crippen LogP) is 2.32. The summed E-state index contributed by atoms with van der Waals surface area (Å²) in [6, 6.07) is 16.2. The molecule has 2 heterocycles. The Hall–Kier alpha value is -4.01. The zero-order valence-electron chi connectivity index (χ0n) is 17.2. The van der Waals surface area contributed by atoms with Crippen LogP contribution in [-0.4, -0.2) is 45.7 Å². The molecule has 4 rings (SSSR count). The minimum atomic E-state index is -0.491. The Labute approximate surface area is 179 Å². The van der Waals surface area contributed by atoms with Crippen molar-refractivity contribution in [3.8, 4) is 17.1 Å². The molecule has 1 aliphatic rings. The van der Waals surface area contributed by atoms with Gasteiger partial charge in [0.1, 0.15) is 23.3 Å². The van der Waals surface area contributed by atoms with Gasteiger partial charge >= 0.3 is 0 Å². The number of para-hydroxylation sites is 1. The lowest BCUT2D eigenvalue weighted by atomic mass is 10.1. The van der Waals surface area contributed by atoms with E-state index in [1.165, 1.54) is 6.92 Å². The highest BCUT2D eigenvalue weighted by Gasteiger charge is 2.34. The van der Waals surface area contributed by atoms with Crippen LogP contribution in [0.25, 0.3) is 11.4 Å². The van der Waals surface area contributed by atoms with Crippen molar-refractivity contribution in [3.05, 3.63) is 60.4 Å². The Morgan fingerprint density at radius 1 is 1.16 bits per heavy atom. The van der Waals surface area contributed by atoms with Gasteiger partial charge in [-0.3, -0.25) is 19.7 Å². The Morgan fingerprint density at radius 3 is 2.58 bits per heavy atom. The molecule has 0 saturated heterocycles. The fourth-order valence-electron chi connectivity index (χ4n) is 3.29. The van der Waals surface area contributed by atoms with Crippen molar-refractivity contribution < 1.29 is 14.3 Å². The first-order valence-electron chi connectivity index (χ1n) is 9.81. The van der Waals surface area contributed by atoms with Crippen molar-refractivity contribution in [1.29, 1.82) is 0 Å². The molecule has 1 unspecified atom stereocenters.